The van der Waals surface area contributed by atoms with Gasteiger partial charge in [0, 0.05) is 24.3 Å². The molecule has 3 aromatic rings. The molecule has 0 saturated heterocycles. The van der Waals surface area contributed by atoms with Crippen LogP contribution in [0.1, 0.15) is 23.2 Å². The highest BCUT2D eigenvalue weighted by molar-refractivity contribution is 5.43. The minimum atomic E-state index is 0.762. The third kappa shape index (κ3) is 2.03. The molecule has 1 aliphatic rings. The van der Waals surface area contributed by atoms with Crippen LogP contribution in [0.2, 0.25) is 0 Å². The maximum Gasteiger partial charge on any atom is 0.0996 e. The number of hydrogen-bond acceptors (Lipinski definition) is 2. The van der Waals surface area contributed by atoms with E-state index >= 15 is 0 Å². The summed E-state index contributed by atoms with van der Waals surface area (Å²) in [6.07, 6.45) is 13.3. The standard InChI is InChI=1S/C16H16N4/c1-2-13-4-5-16(8-14(13)3-1)20-10-15(18-12-20)9-19-7-6-17-11-19/h4-8,10-12H,1-3,9H2. The van der Waals surface area contributed by atoms with E-state index in [0.717, 1.165) is 12.2 Å². The zero-order valence-corrected chi connectivity index (χ0v) is 11.2. The lowest BCUT2D eigenvalue weighted by molar-refractivity contribution is 0.778. The van der Waals surface area contributed by atoms with Gasteiger partial charge in [-0.2, -0.15) is 0 Å². The van der Waals surface area contributed by atoms with Gasteiger partial charge in [0.25, 0.3) is 0 Å². The summed E-state index contributed by atoms with van der Waals surface area (Å²) < 4.78 is 4.13. The second kappa shape index (κ2) is 4.63. The lowest BCUT2D eigenvalue weighted by Gasteiger charge is -2.05. The third-order valence-electron chi connectivity index (χ3n) is 3.92. The topological polar surface area (TPSA) is 35.6 Å². The molecule has 1 aliphatic carbocycles. The van der Waals surface area contributed by atoms with Crippen LogP contribution in [0.5, 0.6) is 0 Å². The summed E-state index contributed by atoms with van der Waals surface area (Å²) >= 11 is 0. The van der Waals surface area contributed by atoms with E-state index in [4.69, 9.17) is 0 Å². The second-order valence-corrected chi connectivity index (χ2v) is 5.31. The molecule has 4 nitrogen and oxygen atoms in total. The smallest absolute Gasteiger partial charge is 0.0996 e. The first-order valence-electron chi connectivity index (χ1n) is 6.99. The number of aryl methyl sites for hydroxylation is 2. The van der Waals surface area contributed by atoms with Gasteiger partial charge >= 0.3 is 0 Å². The van der Waals surface area contributed by atoms with Gasteiger partial charge in [-0.1, -0.05) is 6.07 Å². The van der Waals surface area contributed by atoms with Crippen molar-refractivity contribution in [3.8, 4) is 5.69 Å². The number of rotatable bonds is 3. The number of benzene rings is 1. The molecule has 2 heterocycles. The van der Waals surface area contributed by atoms with E-state index in [1.807, 2.05) is 23.4 Å². The zero-order chi connectivity index (χ0) is 13.4. The van der Waals surface area contributed by atoms with Gasteiger partial charge in [-0.25, -0.2) is 9.97 Å². The molecule has 0 fully saturated rings. The number of imidazole rings is 2. The summed E-state index contributed by atoms with van der Waals surface area (Å²) in [5.41, 5.74) is 5.25. The van der Waals surface area contributed by atoms with Crippen molar-refractivity contribution >= 4 is 0 Å². The first kappa shape index (κ1) is 11.5. The molecule has 2 aromatic heterocycles. The van der Waals surface area contributed by atoms with E-state index in [9.17, 15) is 0 Å². The van der Waals surface area contributed by atoms with Gasteiger partial charge in [-0.05, 0) is 42.5 Å². The normalized spacial score (nSPS) is 13.6. The van der Waals surface area contributed by atoms with Crippen molar-refractivity contribution in [2.24, 2.45) is 0 Å². The van der Waals surface area contributed by atoms with Crippen LogP contribution in [-0.4, -0.2) is 19.1 Å². The molecular formula is C16H16N4. The molecule has 0 atom stereocenters. The Kier molecular flexibility index (Phi) is 2.66. The molecule has 0 bridgehead atoms. The Morgan fingerprint density at radius 3 is 2.95 bits per heavy atom. The number of hydrogen-bond donors (Lipinski definition) is 0. The van der Waals surface area contributed by atoms with Gasteiger partial charge in [0.05, 0.1) is 24.9 Å². The second-order valence-electron chi connectivity index (χ2n) is 5.31. The highest BCUT2D eigenvalue weighted by Gasteiger charge is 2.11. The molecule has 0 spiro atoms. The predicted octanol–water partition coefficient (Wildman–Crippen LogP) is 2.61. The van der Waals surface area contributed by atoms with Gasteiger partial charge in [-0.15, -0.1) is 0 Å². The lowest BCUT2D eigenvalue weighted by Crippen LogP contribution is -1.96. The average Bonchev–Trinajstić information content (AvgIpc) is 3.19. The summed E-state index contributed by atoms with van der Waals surface area (Å²) in [4.78, 5) is 8.53. The van der Waals surface area contributed by atoms with E-state index in [-0.39, 0.29) is 0 Å². The van der Waals surface area contributed by atoms with Crippen LogP contribution in [-0.2, 0) is 19.4 Å². The van der Waals surface area contributed by atoms with Crippen LogP contribution in [0.25, 0.3) is 5.69 Å². The summed E-state index contributed by atoms with van der Waals surface area (Å²) in [5, 5.41) is 0. The quantitative estimate of drug-likeness (QED) is 0.729. The fourth-order valence-electron chi connectivity index (χ4n) is 2.87. The SMILES string of the molecule is c1cn(Cc2cn(-c3ccc4c(c3)CCC4)cn2)cn1. The molecule has 4 heteroatoms. The van der Waals surface area contributed by atoms with Crippen molar-refractivity contribution in [3.05, 3.63) is 66.3 Å². The van der Waals surface area contributed by atoms with Crippen molar-refractivity contribution in [3.63, 3.8) is 0 Å². The highest BCUT2D eigenvalue weighted by atomic mass is 15.1. The molecule has 1 aromatic carbocycles. The van der Waals surface area contributed by atoms with Gasteiger partial charge in [0.15, 0.2) is 0 Å². The van der Waals surface area contributed by atoms with Crippen LogP contribution < -0.4 is 0 Å². The fourth-order valence-corrected chi connectivity index (χ4v) is 2.87. The Bertz CT molecular complexity index is 725. The van der Waals surface area contributed by atoms with E-state index in [1.54, 1.807) is 6.20 Å². The van der Waals surface area contributed by atoms with Crippen LogP contribution in [0.4, 0.5) is 0 Å². The molecule has 0 radical (unpaired) electrons. The minimum Gasteiger partial charge on any atom is -0.331 e. The Morgan fingerprint density at radius 1 is 1.10 bits per heavy atom. The number of aromatic nitrogens is 4. The van der Waals surface area contributed by atoms with Crippen LogP contribution >= 0.6 is 0 Å². The summed E-state index contributed by atoms with van der Waals surface area (Å²) in [6.45, 7) is 0.762. The molecule has 4 rings (SSSR count). The largest absolute Gasteiger partial charge is 0.331 e. The van der Waals surface area contributed by atoms with Gasteiger partial charge in [-0.3, -0.25) is 0 Å². The maximum atomic E-state index is 4.48. The Balaban J connectivity index is 1.61. The van der Waals surface area contributed by atoms with Crippen molar-refractivity contribution in [1.29, 1.82) is 0 Å². The molecular weight excluding hydrogens is 248 g/mol. The Labute approximate surface area is 117 Å². The van der Waals surface area contributed by atoms with E-state index in [0.29, 0.717) is 0 Å². The first-order chi connectivity index (χ1) is 9.88. The van der Waals surface area contributed by atoms with Crippen molar-refractivity contribution in [2.45, 2.75) is 25.8 Å². The van der Waals surface area contributed by atoms with Gasteiger partial charge in [0.2, 0.25) is 0 Å². The van der Waals surface area contributed by atoms with E-state index < -0.39 is 0 Å². The summed E-state index contributed by atoms with van der Waals surface area (Å²) in [6, 6.07) is 6.74. The molecule has 0 aliphatic heterocycles. The molecule has 0 unspecified atom stereocenters. The Hall–Kier alpha value is -2.36. The van der Waals surface area contributed by atoms with Crippen molar-refractivity contribution in [2.75, 3.05) is 0 Å². The maximum absolute atomic E-state index is 4.48. The van der Waals surface area contributed by atoms with Gasteiger partial charge in [0.1, 0.15) is 0 Å². The van der Waals surface area contributed by atoms with Crippen LogP contribution in [0.15, 0.2) is 49.4 Å². The molecule has 0 amide bonds. The van der Waals surface area contributed by atoms with E-state index in [1.165, 1.54) is 36.1 Å². The van der Waals surface area contributed by atoms with Crippen LogP contribution in [0, 0.1) is 0 Å². The average molecular weight is 264 g/mol. The monoisotopic (exact) mass is 264 g/mol. The predicted molar refractivity (Wildman–Crippen MR) is 76.9 cm³/mol. The van der Waals surface area contributed by atoms with Crippen LogP contribution in [0.3, 0.4) is 0 Å². The van der Waals surface area contributed by atoms with Gasteiger partial charge < -0.3 is 9.13 Å². The van der Waals surface area contributed by atoms with E-state index in [2.05, 4.69) is 38.9 Å². The number of nitrogens with zero attached hydrogens (tertiary/aromatic N) is 4. The molecule has 0 saturated carbocycles. The highest BCUT2D eigenvalue weighted by Crippen LogP contribution is 2.24. The fraction of sp³-hybridized carbons (Fsp3) is 0.250. The lowest BCUT2D eigenvalue weighted by atomic mass is 10.1. The molecule has 100 valence electrons. The zero-order valence-electron chi connectivity index (χ0n) is 11.2. The first-order valence-corrected chi connectivity index (χ1v) is 6.99. The molecule has 0 N–H and O–H groups in total. The summed E-state index contributed by atoms with van der Waals surface area (Å²) in [5.74, 6) is 0. The molecule has 20 heavy (non-hydrogen) atoms. The van der Waals surface area contributed by atoms with Crippen molar-refractivity contribution < 1.29 is 0 Å². The third-order valence-corrected chi connectivity index (χ3v) is 3.92. The number of fused-ring (bicyclic) bond motifs is 1. The minimum absolute atomic E-state index is 0.762. The Morgan fingerprint density at radius 2 is 2.05 bits per heavy atom. The summed E-state index contributed by atoms with van der Waals surface area (Å²) in [7, 11) is 0. The van der Waals surface area contributed by atoms with Crippen molar-refractivity contribution in [1.82, 2.24) is 19.1 Å².